The molecule has 2 fully saturated rings. The summed E-state index contributed by atoms with van der Waals surface area (Å²) in [7, 11) is 0. The summed E-state index contributed by atoms with van der Waals surface area (Å²) in [4.78, 5) is 37.6. The Morgan fingerprint density at radius 2 is 1.85 bits per heavy atom. The smallest absolute Gasteiger partial charge is 0.309 e. The van der Waals surface area contributed by atoms with Crippen LogP contribution in [-0.2, 0) is 14.4 Å². The van der Waals surface area contributed by atoms with Gasteiger partial charge in [0, 0.05) is 18.2 Å². The Hall–Kier alpha value is -1.45. The number of nitrogens with two attached hydrogens (primary N) is 1. The molecule has 0 bridgehead atoms. The largest absolute Gasteiger partial charge is 0.345 e. The van der Waals surface area contributed by atoms with Crippen LogP contribution in [0.1, 0.15) is 44.9 Å². The van der Waals surface area contributed by atoms with Crippen molar-refractivity contribution in [3.8, 4) is 0 Å². The number of hydrogen-bond donors (Lipinski definition) is 4. The van der Waals surface area contributed by atoms with Crippen LogP contribution in [0.2, 0.25) is 0 Å². The Bertz CT molecular complexity index is 531. The molecule has 0 aromatic heterocycles. The van der Waals surface area contributed by atoms with Crippen LogP contribution in [0, 0.1) is 11.8 Å². The summed E-state index contributed by atoms with van der Waals surface area (Å²) in [6.07, 6.45) is 6.46. The SMILES string of the molecule is NCCS/C=N/NC(=O)C(=O)C(NC(=O)C1CCCCC1)C1CCNCC1. The minimum absolute atomic E-state index is 0.0346. The molecule has 1 saturated carbocycles. The highest BCUT2D eigenvalue weighted by molar-refractivity contribution is 8.12. The third-order valence-corrected chi connectivity index (χ3v) is 5.89. The minimum atomic E-state index is -0.785. The van der Waals surface area contributed by atoms with Crippen molar-refractivity contribution in [3.05, 3.63) is 0 Å². The first-order valence-electron chi connectivity index (χ1n) is 9.82. The zero-order chi connectivity index (χ0) is 19.5. The fourth-order valence-electron chi connectivity index (χ4n) is 3.65. The molecule has 5 N–H and O–H groups in total. The van der Waals surface area contributed by atoms with Gasteiger partial charge in [0.1, 0.15) is 6.04 Å². The highest BCUT2D eigenvalue weighted by Crippen LogP contribution is 2.25. The van der Waals surface area contributed by atoms with Crippen LogP contribution in [0.5, 0.6) is 0 Å². The van der Waals surface area contributed by atoms with Crippen molar-refractivity contribution < 1.29 is 14.4 Å². The molecule has 1 unspecified atom stereocenters. The average molecular weight is 398 g/mol. The number of thioether (sulfide) groups is 1. The fourth-order valence-corrected chi connectivity index (χ4v) is 4.02. The lowest BCUT2D eigenvalue weighted by Crippen LogP contribution is -2.54. The molecular formula is C18H31N5O3S. The number of nitrogens with zero attached hydrogens (tertiary/aromatic N) is 1. The normalized spacial score (nSPS) is 20.3. The van der Waals surface area contributed by atoms with Gasteiger partial charge in [0.15, 0.2) is 0 Å². The molecule has 2 amide bonds. The van der Waals surface area contributed by atoms with Crippen molar-refractivity contribution in [1.29, 1.82) is 0 Å². The van der Waals surface area contributed by atoms with Crippen LogP contribution in [0.25, 0.3) is 0 Å². The number of carbonyl (C=O) groups is 3. The lowest BCUT2D eigenvalue weighted by atomic mass is 9.85. The first-order valence-corrected chi connectivity index (χ1v) is 10.9. The summed E-state index contributed by atoms with van der Waals surface area (Å²) >= 11 is 1.35. The van der Waals surface area contributed by atoms with Crippen LogP contribution in [-0.4, -0.2) is 54.6 Å². The third-order valence-electron chi connectivity index (χ3n) is 5.16. The molecule has 152 valence electrons. The molecule has 1 saturated heterocycles. The number of amides is 2. The van der Waals surface area contributed by atoms with Crippen molar-refractivity contribution in [3.63, 3.8) is 0 Å². The van der Waals surface area contributed by atoms with Gasteiger partial charge < -0.3 is 16.4 Å². The number of ketones is 1. The number of rotatable bonds is 9. The summed E-state index contributed by atoms with van der Waals surface area (Å²) in [5, 5.41) is 9.91. The van der Waals surface area contributed by atoms with Gasteiger partial charge in [-0.25, -0.2) is 5.43 Å². The third kappa shape index (κ3) is 7.23. The summed E-state index contributed by atoms with van der Waals surface area (Å²) < 4.78 is 0. The molecule has 27 heavy (non-hydrogen) atoms. The Morgan fingerprint density at radius 3 is 2.52 bits per heavy atom. The second-order valence-electron chi connectivity index (χ2n) is 7.11. The maximum atomic E-state index is 12.7. The van der Waals surface area contributed by atoms with E-state index in [1.165, 1.54) is 17.3 Å². The zero-order valence-corrected chi connectivity index (χ0v) is 16.6. The Kier molecular flexibility index (Phi) is 9.79. The second kappa shape index (κ2) is 12.1. The minimum Gasteiger partial charge on any atom is -0.345 e. The van der Waals surface area contributed by atoms with Crippen molar-refractivity contribution in [2.45, 2.75) is 51.0 Å². The van der Waals surface area contributed by atoms with Crippen molar-refractivity contribution in [1.82, 2.24) is 16.1 Å². The van der Waals surface area contributed by atoms with Gasteiger partial charge in [-0.3, -0.25) is 14.4 Å². The van der Waals surface area contributed by atoms with E-state index in [-0.39, 0.29) is 17.7 Å². The van der Waals surface area contributed by atoms with E-state index in [0.29, 0.717) is 12.3 Å². The van der Waals surface area contributed by atoms with Gasteiger partial charge in [-0.1, -0.05) is 19.3 Å². The summed E-state index contributed by atoms with van der Waals surface area (Å²) in [6.45, 7) is 2.07. The Labute approximate surface area is 164 Å². The average Bonchev–Trinajstić information content (AvgIpc) is 2.72. The molecular weight excluding hydrogens is 366 g/mol. The van der Waals surface area contributed by atoms with Gasteiger partial charge in [0.25, 0.3) is 0 Å². The summed E-state index contributed by atoms with van der Waals surface area (Å²) in [6, 6.07) is -0.784. The summed E-state index contributed by atoms with van der Waals surface area (Å²) in [5.41, 5.74) is 9.10. The number of carbonyl (C=O) groups excluding carboxylic acids is 3. The lowest BCUT2D eigenvalue weighted by Gasteiger charge is -2.31. The number of nitrogens with one attached hydrogen (secondary N) is 3. The van der Waals surface area contributed by atoms with Crippen LogP contribution >= 0.6 is 11.8 Å². The monoisotopic (exact) mass is 397 g/mol. The predicted octanol–water partition coefficient (Wildman–Crippen LogP) is 0.372. The van der Waals surface area contributed by atoms with E-state index >= 15 is 0 Å². The van der Waals surface area contributed by atoms with Gasteiger partial charge >= 0.3 is 5.91 Å². The Morgan fingerprint density at radius 1 is 1.15 bits per heavy atom. The highest BCUT2D eigenvalue weighted by atomic mass is 32.2. The van der Waals surface area contributed by atoms with Crippen LogP contribution in [0.4, 0.5) is 0 Å². The van der Waals surface area contributed by atoms with Gasteiger partial charge in [-0.2, -0.15) is 5.10 Å². The van der Waals surface area contributed by atoms with Gasteiger partial charge in [-0.15, -0.1) is 11.8 Å². The number of hydrazone groups is 1. The Balaban J connectivity index is 1.97. The number of Topliss-reactive ketones (excluding diaryl/α,β-unsaturated/α-hetero) is 1. The quantitative estimate of drug-likeness (QED) is 0.146. The lowest BCUT2D eigenvalue weighted by molar-refractivity contribution is -0.141. The van der Waals surface area contributed by atoms with Crippen molar-refractivity contribution >= 4 is 34.9 Å². The van der Waals surface area contributed by atoms with E-state index in [0.717, 1.165) is 58.0 Å². The first-order chi connectivity index (χ1) is 13.1. The van der Waals surface area contributed by atoms with Crippen molar-refractivity contribution in [2.75, 3.05) is 25.4 Å². The molecule has 1 heterocycles. The second-order valence-corrected chi connectivity index (χ2v) is 8.06. The molecule has 1 aliphatic carbocycles. The van der Waals surface area contributed by atoms with Gasteiger partial charge in [-0.05, 0) is 44.7 Å². The molecule has 0 aromatic rings. The topological polar surface area (TPSA) is 126 Å². The maximum absolute atomic E-state index is 12.7. The van der Waals surface area contributed by atoms with Crippen LogP contribution < -0.4 is 21.8 Å². The molecule has 0 spiro atoms. The summed E-state index contributed by atoms with van der Waals surface area (Å²) in [5.74, 6) is -0.903. The van der Waals surface area contributed by atoms with E-state index in [9.17, 15) is 14.4 Å². The number of hydrogen-bond acceptors (Lipinski definition) is 7. The van der Waals surface area contributed by atoms with E-state index in [4.69, 9.17) is 5.73 Å². The van der Waals surface area contributed by atoms with E-state index in [2.05, 4.69) is 21.2 Å². The molecule has 0 radical (unpaired) electrons. The molecule has 8 nitrogen and oxygen atoms in total. The van der Waals surface area contributed by atoms with E-state index in [1.807, 2.05) is 0 Å². The highest BCUT2D eigenvalue weighted by Gasteiger charge is 2.36. The van der Waals surface area contributed by atoms with Crippen LogP contribution in [0.3, 0.4) is 0 Å². The number of piperidine rings is 1. The molecule has 2 aliphatic rings. The van der Waals surface area contributed by atoms with Gasteiger partial charge in [0.05, 0.1) is 5.55 Å². The molecule has 2 rings (SSSR count). The zero-order valence-electron chi connectivity index (χ0n) is 15.7. The van der Waals surface area contributed by atoms with Crippen molar-refractivity contribution in [2.24, 2.45) is 22.7 Å². The molecule has 1 atom stereocenters. The standard InChI is InChI=1S/C18H31N5O3S/c19-8-11-27-12-21-23-18(26)16(24)15(13-6-9-20-10-7-13)22-17(25)14-4-2-1-3-5-14/h12-15,20H,1-11,19H2,(H,22,25)(H,23,26)/b21-12+. The fraction of sp³-hybridized carbons (Fsp3) is 0.778. The van der Waals surface area contributed by atoms with Gasteiger partial charge in [0.2, 0.25) is 11.7 Å². The van der Waals surface area contributed by atoms with E-state index in [1.54, 1.807) is 0 Å². The molecule has 0 aromatic carbocycles. The predicted molar refractivity (Wildman–Crippen MR) is 107 cm³/mol. The first kappa shape index (κ1) is 21.8. The molecule has 9 heteroatoms. The molecule has 1 aliphatic heterocycles. The maximum Gasteiger partial charge on any atom is 0.309 e. The van der Waals surface area contributed by atoms with E-state index < -0.39 is 17.7 Å². The van der Waals surface area contributed by atoms with Crippen LogP contribution in [0.15, 0.2) is 5.10 Å².